The Morgan fingerprint density at radius 3 is 2.78 bits per heavy atom. The molecule has 0 saturated carbocycles. The van der Waals surface area contributed by atoms with Crippen molar-refractivity contribution in [1.29, 1.82) is 0 Å². The van der Waals surface area contributed by atoms with Crippen LogP contribution in [0.4, 0.5) is 13.2 Å². The Kier molecular flexibility index (Phi) is 3.90. The van der Waals surface area contributed by atoms with E-state index in [1.165, 1.54) is 27.6 Å². The largest absolute Gasteiger partial charge is 0.573 e. The van der Waals surface area contributed by atoms with Crippen LogP contribution < -0.4 is 10.3 Å². The van der Waals surface area contributed by atoms with E-state index in [0.717, 1.165) is 6.07 Å². The molecule has 0 atom stereocenters. The maximum atomic E-state index is 12.8. The summed E-state index contributed by atoms with van der Waals surface area (Å²) in [6, 6.07) is 6.80. The first-order valence-electron chi connectivity index (χ1n) is 8.05. The average molecular weight is 378 g/mol. The van der Waals surface area contributed by atoms with Crippen LogP contribution in [0.5, 0.6) is 5.75 Å². The molecule has 4 rings (SSSR count). The minimum absolute atomic E-state index is 0.0332. The van der Waals surface area contributed by atoms with Crippen LogP contribution in [0.15, 0.2) is 41.3 Å². The van der Waals surface area contributed by atoms with Crippen LogP contribution >= 0.6 is 0 Å². The van der Waals surface area contributed by atoms with E-state index in [0.29, 0.717) is 16.9 Å². The Morgan fingerprint density at radius 2 is 2.00 bits per heavy atom. The zero-order valence-electron chi connectivity index (χ0n) is 13.8. The molecule has 0 radical (unpaired) electrons. The number of amides is 1. The molecule has 0 bridgehead atoms. The number of hydrogen-bond donors (Lipinski definition) is 1. The molecule has 1 N–H and O–H groups in total. The number of H-pyrrole nitrogens is 1. The number of carbonyl (C=O) groups excluding carboxylic acids is 1. The maximum absolute atomic E-state index is 12.8. The Bertz CT molecular complexity index is 1090. The van der Waals surface area contributed by atoms with Gasteiger partial charge in [-0.1, -0.05) is 12.1 Å². The highest BCUT2D eigenvalue weighted by Gasteiger charge is 2.34. The SMILES string of the molecule is O=C(c1ccccc1OC(F)(F)F)N1CCc2c(nc3cc[nH]n3c2=O)C1. The van der Waals surface area contributed by atoms with Gasteiger partial charge in [-0.05, 0) is 18.6 Å². The van der Waals surface area contributed by atoms with Crippen molar-refractivity contribution in [2.45, 2.75) is 19.3 Å². The number of nitrogens with one attached hydrogen (secondary N) is 1. The highest BCUT2D eigenvalue weighted by atomic mass is 19.4. The molecule has 3 heterocycles. The van der Waals surface area contributed by atoms with Crippen molar-refractivity contribution in [3.63, 3.8) is 0 Å². The highest BCUT2D eigenvalue weighted by Crippen LogP contribution is 2.28. The van der Waals surface area contributed by atoms with E-state index < -0.39 is 18.0 Å². The smallest absolute Gasteiger partial charge is 0.405 e. The zero-order valence-corrected chi connectivity index (χ0v) is 13.8. The van der Waals surface area contributed by atoms with Gasteiger partial charge in [0.25, 0.3) is 11.5 Å². The molecule has 1 aliphatic heterocycles. The van der Waals surface area contributed by atoms with Crippen molar-refractivity contribution >= 4 is 11.6 Å². The number of alkyl halides is 3. The summed E-state index contributed by atoms with van der Waals surface area (Å²) in [5.41, 5.74) is 0.895. The lowest BCUT2D eigenvalue weighted by atomic mass is 10.0. The van der Waals surface area contributed by atoms with E-state index in [2.05, 4.69) is 14.8 Å². The Hall–Kier alpha value is -3.30. The van der Waals surface area contributed by atoms with Gasteiger partial charge in [-0.25, -0.2) is 9.50 Å². The molecule has 2 aromatic heterocycles. The second-order valence-electron chi connectivity index (χ2n) is 6.02. The fourth-order valence-electron chi connectivity index (χ4n) is 3.13. The van der Waals surface area contributed by atoms with Crippen molar-refractivity contribution in [3.8, 4) is 5.75 Å². The molecule has 3 aromatic rings. The van der Waals surface area contributed by atoms with Crippen LogP contribution in [-0.4, -0.2) is 38.3 Å². The molecular weight excluding hydrogens is 365 g/mol. The van der Waals surface area contributed by atoms with E-state index in [1.807, 2.05) is 0 Å². The summed E-state index contributed by atoms with van der Waals surface area (Å²) in [7, 11) is 0. The molecule has 1 aliphatic rings. The molecule has 0 saturated heterocycles. The summed E-state index contributed by atoms with van der Waals surface area (Å²) in [6.45, 7) is 0.224. The van der Waals surface area contributed by atoms with Gasteiger partial charge in [0, 0.05) is 24.4 Å². The van der Waals surface area contributed by atoms with Crippen molar-refractivity contribution in [2.75, 3.05) is 6.54 Å². The molecule has 0 unspecified atom stereocenters. The molecule has 27 heavy (non-hydrogen) atoms. The molecular formula is C17H13F3N4O3. The maximum Gasteiger partial charge on any atom is 0.573 e. The van der Waals surface area contributed by atoms with E-state index in [1.54, 1.807) is 12.3 Å². The first-order valence-corrected chi connectivity index (χ1v) is 8.05. The fourth-order valence-corrected chi connectivity index (χ4v) is 3.13. The lowest BCUT2D eigenvalue weighted by Gasteiger charge is -2.28. The number of benzene rings is 1. The number of fused-ring (bicyclic) bond motifs is 2. The first-order chi connectivity index (χ1) is 12.8. The second-order valence-corrected chi connectivity index (χ2v) is 6.02. The topological polar surface area (TPSA) is 79.7 Å². The number of aromatic nitrogens is 3. The normalized spacial score (nSPS) is 14.3. The van der Waals surface area contributed by atoms with E-state index in [-0.39, 0.29) is 30.6 Å². The van der Waals surface area contributed by atoms with Crippen LogP contribution in [0.3, 0.4) is 0 Å². The summed E-state index contributed by atoms with van der Waals surface area (Å²) in [6.07, 6.45) is -3.07. The zero-order chi connectivity index (χ0) is 19.2. The molecule has 0 spiro atoms. The molecule has 7 nitrogen and oxygen atoms in total. The lowest BCUT2D eigenvalue weighted by molar-refractivity contribution is -0.274. The van der Waals surface area contributed by atoms with Gasteiger partial charge in [-0.15, -0.1) is 13.2 Å². The molecule has 1 amide bonds. The Balaban J connectivity index is 1.66. The minimum Gasteiger partial charge on any atom is -0.405 e. The van der Waals surface area contributed by atoms with Crippen molar-refractivity contribution in [2.24, 2.45) is 0 Å². The third kappa shape index (κ3) is 3.14. The van der Waals surface area contributed by atoms with Crippen LogP contribution in [0.25, 0.3) is 5.65 Å². The molecule has 10 heteroatoms. The number of hydrogen-bond acceptors (Lipinski definition) is 4. The van der Waals surface area contributed by atoms with Gasteiger partial charge in [0.05, 0.1) is 17.8 Å². The van der Waals surface area contributed by atoms with Gasteiger partial charge in [0.1, 0.15) is 5.75 Å². The van der Waals surface area contributed by atoms with E-state index in [4.69, 9.17) is 0 Å². The van der Waals surface area contributed by atoms with Gasteiger partial charge >= 0.3 is 6.36 Å². The van der Waals surface area contributed by atoms with Crippen LogP contribution in [-0.2, 0) is 13.0 Å². The highest BCUT2D eigenvalue weighted by molar-refractivity contribution is 5.97. The average Bonchev–Trinajstić information content (AvgIpc) is 3.09. The predicted octanol–water partition coefficient (Wildman–Crippen LogP) is 2.12. The number of halogens is 3. The standard InChI is InChI=1S/C17H13F3N4O3/c18-17(19,20)27-13-4-2-1-3-11(13)15(25)23-8-6-10-12(9-23)22-14-5-7-21-24(14)16(10)26/h1-5,7,21H,6,8-9H2. The Morgan fingerprint density at radius 1 is 1.22 bits per heavy atom. The van der Waals surface area contributed by atoms with Crippen LogP contribution in [0.1, 0.15) is 21.6 Å². The Labute approximate surface area is 150 Å². The second kappa shape index (κ2) is 6.15. The molecule has 0 aliphatic carbocycles. The lowest BCUT2D eigenvalue weighted by Crippen LogP contribution is -2.40. The summed E-state index contributed by atoms with van der Waals surface area (Å²) in [5, 5.41) is 2.77. The van der Waals surface area contributed by atoms with Crippen molar-refractivity contribution in [3.05, 3.63) is 63.7 Å². The van der Waals surface area contributed by atoms with Crippen LogP contribution in [0, 0.1) is 0 Å². The summed E-state index contributed by atoms with van der Waals surface area (Å²) < 4.78 is 43.0. The summed E-state index contributed by atoms with van der Waals surface area (Å²) >= 11 is 0. The number of ether oxygens (including phenoxy) is 1. The minimum atomic E-state index is -4.90. The quantitative estimate of drug-likeness (QED) is 0.741. The fraction of sp³-hybridized carbons (Fsp3) is 0.235. The van der Waals surface area contributed by atoms with Gasteiger partial charge in [0.2, 0.25) is 0 Å². The number of para-hydroxylation sites is 1. The van der Waals surface area contributed by atoms with Crippen LogP contribution in [0.2, 0.25) is 0 Å². The number of rotatable bonds is 2. The third-order valence-corrected chi connectivity index (χ3v) is 4.33. The number of aromatic amines is 1. The number of nitrogens with zero attached hydrogens (tertiary/aromatic N) is 3. The first kappa shape index (κ1) is 17.1. The monoisotopic (exact) mass is 378 g/mol. The van der Waals surface area contributed by atoms with Gasteiger partial charge in [0.15, 0.2) is 5.65 Å². The van der Waals surface area contributed by atoms with Gasteiger partial charge in [-0.2, -0.15) is 0 Å². The summed E-state index contributed by atoms with van der Waals surface area (Å²) in [5.74, 6) is -1.17. The number of carbonyl (C=O) groups is 1. The van der Waals surface area contributed by atoms with E-state index >= 15 is 0 Å². The van der Waals surface area contributed by atoms with E-state index in [9.17, 15) is 22.8 Å². The van der Waals surface area contributed by atoms with Crippen molar-refractivity contribution < 1.29 is 22.7 Å². The third-order valence-electron chi connectivity index (χ3n) is 4.33. The van der Waals surface area contributed by atoms with Gasteiger partial charge < -0.3 is 9.64 Å². The molecule has 140 valence electrons. The molecule has 0 fully saturated rings. The predicted molar refractivity (Wildman–Crippen MR) is 87.4 cm³/mol. The van der Waals surface area contributed by atoms with Gasteiger partial charge in [-0.3, -0.25) is 14.7 Å². The molecule has 1 aromatic carbocycles. The van der Waals surface area contributed by atoms with Crippen molar-refractivity contribution in [1.82, 2.24) is 19.5 Å². The summed E-state index contributed by atoms with van der Waals surface area (Å²) in [4.78, 5) is 30.9.